The average molecular weight is 301 g/mol. The summed E-state index contributed by atoms with van der Waals surface area (Å²) in [4.78, 5) is 19.0. The lowest BCUT2D eigenvalue weighted by Gasteiger charge is -2.23. The van der Waals surface area contributed by atoms with E-state index in [-0.39, 0.29) is 5.56 Å². The quantitative estimate of drug-likeness (QED) is 0.681. The van der Waals surface area contributed by atoms with Crippen molar-refractivity contribution < 1.29 is 18.3 Å². The van der Waals surface area contributed by atoms with Gasteiger partial charge in [-0.1, -0.05) is 0 Å². The number of carbonyl (C=O) groups is 1. The third-order valence-electron chi connectivity index (χ3n) is 2.96. The molecule has 0 aromatic carbocycles. The fourth-order valence-corrected chi connectivity index (χ4v) is 1.85. The normalized spacial score (nSPS) is 11.0. The number of rotatable bonds is 8. The van der Waals surface area contributed by atoms with Crippen LogP contribution in [-0.4, -0.2) is 68.1 Å². The topological polar surface area (TPSA) is 45.7 Å². The molecule has 0 unspecified atom stereocenters. The molecular weight excluding hydrogens is 280 g/mol. The molecule has 5 nitrogen and oxygen atoms in total. The van der Waals surface area contributed by atoms with Gasteiger partial charge in [0.1, 0.15) is 0 Å². The van der Waals surface area contributed by atoms with Gasteiger partial charge in [0.25, 0.3) is 5.91 Å². The third kappa shape index (κ3) is 5.35. The van der Waals surface area contributed by atoms with Crippen LogP contribution in [0.15, 0.2) is 12.3 Å². The number of aromatic nitrogens is 1. The molecular formula is C14H21F2N3O2. The highest BCUT2D eigenvalue weighted by Crippen LogP contribution is 2.12. The van der Waals surface area contributed by atoms with E-state index in [4.69, 9.17) is 4.74 Å². The number of hydrogen-bond donors (Lipinski definition) is 0. The summed E-state index contributed by atoms with van der Waals surface area (Å²) < 4.78 is 31.7. The molecule has 0 saturated heterocycles. The molecule has 1 aromatic rings. The number of methoxy groups -OCH3 is 1. The summed E-state index contributed by atoms with van der Waals surface area (Å²) in [5.74, 6) is -3.03. The molecule has 0 fully saturated rings. The molecule has 0 N–H and O–H groups in total. The lowest BCUT2D eigenvalue weighted by Crippen LogP contribution is -2.36. The maximum absolute atomic E-state index is 13.7. The molecule has 118 valence electrons. The summed E-state index contributed by atoms with van der Waals surface area (Å²) in [7, 11) is 5.38. The van der Waals surface area contributed by atoms with Gasteiger partial charge in [0.05, 0.1) is 12.2 Å². The Labute approximate surface area is 123 Å². The molecule has 1 heterocycles. The molecule has 0 spiro atoms. The van der Waals surface area contributed by atoms with Gasteiger partial charge >= 0.3 is 0 Å². The van der Waals surface area contributed by atoms with Gasteiger partial charge in [0.15, 0.2) is 5.82 Å². The second-order valence-corrected chi connectivity index (χ2v) is 4.91. The Hall–Kier alpha value is -1.60. The van der Waals surface area contributed by atoms with Crippen LogP contribution in [0.1, 0.15) is 16.8 Å². The number of ether oxygens (including phenoxy) is 1. The number of halogens is 2. The average Bonchev–Trinajstić information content (AvgIpc) is 2.44. The van der Waals surface area contributed by atoms with Crippen molar-refractivity contribution in [1.82, 2.24) is 14.8 Å². The van der Waals surface area contributed by atoms with Crippen molar-refractivity contribution in [2.75, 3.05) is 47.4 Å². The van der Waals surface area contributed by atoms with Gasteiger partial charge in [-0.2, -0.15) is 4.39 Å². The summed E-state index contributed by atoms with van der Waals surface area (Å²) >= 11 is 0. The van der Waals surface area contributed by atoms with Gasteiger partial charge in [-0.25, -0.2) is 9.37 Å². The van der Waals surface area contributed by atoms with Crippen LogP contribution in [0.3, 0.4) is 0 Å². The van der Waals surface area contributed by atoms with E-state index in [9.17, 15) is 13.6 Å². The van der Waals surface area contributed by atoms with E-state index in [2.05, 4.69) is 4.98 Å². The zero-order chi connectivity index (χ0) is 15.8. The van der Waals surface area contributed by atoms with Gasteiger partial charge in [0.2, 0.25) is 5.95 Å². The van der Waals surface area contributed by atoms with Crippen LogP contribution in [0.5, 0.6) is 0 Å². The zero-order valence-electron chi connectivity index (χ0n) is 12.6. The number of amides is 1. The van der Waals surface area contributed by atoms with Crippen molar-refractivity contribution in [3.8, 4) is 0 Å². The third-order valence-corrected chi connectivity index (χ3v) is 2.96. The fourth-order valence-electron chi connectivity index (χ4n) is 1.85. The van der Waals surface area contributed by atoms with E-state index in [0.717, 1.165) is 19.2 Å². The fraction of sp³-hybridized carbons (Fsp3) is 0.571. The lowest BCUT2D eigenvalue weighted by atomic mass is 10.2. The molecule has 0 aliphatic carbocycles. The van der Waals surface area contributed by atoms with Gasteiger partial charge < -0.3 is 14.5 Å². The molecule has 0 bridgehead atoms. The predicted molar refractivity (Wildman–Crippen MR) is 75.1 cm³/mol. The summed E-state index contributed by atoms with van der Waals surface area (Å²) in [5, 5.41) is 0. The molecule has 1 amide bonds. The molecule has 21 heavy (non-hydrogen) atoms. The van der Waals surface area contributed by atoms with E-state index >= 15 is 0 Å². The Morgan fingerprint density at radius 2 is 2.00 bits per heavy atom. The van der Waals surface area contributed by atoms with Crippen molar-refractivity contribution >= 4 is 5.91 Å². The Morgan fingerprint density at radius 1 is 1.29 bits per heavy atom. The first-order valence-corrected chi connectivity index (χ1v) is 6.70. The van der Waals surface area contributed by atoms with E-state index in [1.807, 2.05) is 19.0 Å². The molecule has 1 rings (SSSR count). The van der Waals surface area contributed by atoms with Crippen molar-refractivity contribution in [2.45, 2.75) is 6.42 Å². The summed E-state index contributed by atoms with van der Waals surface area (Å²) in [6.07, 6.45) is 1.82. The van der Waals surface area contributed by atoms with Crippen LogP contribution >= 0.6 is 0 Å². The maximum atomic E-state index is 13.7. The first-order valence-electron chi connectivity index (χ1n) is 6.70. The largest absolute Gasteiger partial charge is 0.383 e. The molecule has 0 radical (unpaired) electrons. The van der Waals surface area contributed by atoms with Gasteiger partial charge in [-0.3, -0.25) is 4.79 Å². The van der Waals surface area contributed by atoms with Crippen LogP contribution in [0, 0.1) is 11.8 Å². The van der Waals surface area contributed by atoms with Crippen LogP contribution in [0.2, 0.25) is 0 Å². The minimum absolute atomic E-state index is 0.302. The van der Waals surface area contributed by atoms with Crippen LogP contribution in [0.4, 0.5) is 8.78 Å². The van der Waals surface area contributed by atoms with E-state index in [1.54, 1.807) is 0 Å². The zero-order valence-corrected chi connectivity index (χ0v) is 12.6. The monoisotopic (exact) mass is 301 g/mol. The highest BCUT2D eigenvalue weighted by molar-refractivity contribution is 5.94. The smallest absolute Gasteiger partial charge is 0.257 e. The second kappa shape index (κ2) is 8.63. The van der Waals surface area contributed by atoms with Gasteiger partial charge in [-0.15, -0.1) is 0 Å². The van der Waals surface area contributed by atoms with E-state index in [0.29, 0.717) is 19.7 Å². The molecule has 0 atom stereocenters. The van der Waals surface area contributed by atoms with Gasteiger partial charge in [0, 0.05) is 26.4 Å². The Morgan fingerprint density at radius 3 is 2.62 bits per heavy atom. The number of pyridine rings is 1. The Bertz CT molecular complexity index is 470. The summed E-state index contributed by atoms with van der Waals surface area (Å²) in [6, 6.07) is 1.19. The number of nitrogens with zero attached hydrogens (tertiary/aromatic N) is 3. The summed E-state index contributed by atoms with van der Waals surface area (Å²) in [6.45, 7) is 1.91. The molecule has 0 aliphatic rings. The Kier molecular flexibility index (Phi) is 7.18. The summed E-state index contributed by atoms with van der Waals surface area (Å²) in [5.41, 5.74) is -0.302. The standard InChI is InChI=1S/C14H21F2N3O2/c1-18(2)7-4-8-19(9-10-21-3)14(20)11-5-6-17-13(16)12(11)15/h5-6H,4,7-10H2,1-3H3. The molecule has 7 heteroatoms. The van der Waals surface area contributed by atoms with Crippen LogP contribution in [0.25, 0.3) is 0 Å². The minimum atomic E-state index is -1.26. The predicted octanol–water partition coefficient (Wildman–Crippen LogP) is 1.40. The molecule has 0 saturated carbocycles. The highest BCUT2D eigenvalue weighted by atomic mass is 19.2. The van der Waals surface area contributed by atoms with Crippen LogP contribution in [-0.2, 0) is 4.74 Å². The van der Waals surface area contributed by atoms with E-state index < -0.39 is 17.7 Å². The lowest BCUT2D eigenvalue weighted by molar-refractivity contribution is 0.0683. The SMILES string of the molecule is COCCN(CCCN(C)C)C(=O)c1ccnc(F)c1F. The number of carbonyl (C=O) groups excluding carboxylic acids is 1. The molecule has 0 aliphatic heterocycles. The first kappa shape index (κ1) is 17.5. The molecule has 1 aromatic heterocycles. The van der Waals surface area contributed by atoms with Crippen LogP contribution < -0.4 is 0 Å². The highest BCUT2D eigenvalue weighted by Gasteiger charge is 2.21. The van der Waals surface area contributed by atoms with Gasteiger partial charge in [-0.05, 0) is 33.1 Å². The Balaban J connectivity index is 2.80. The minimum Gasteiger partial charge on any atom is -0.383 e. The first-order chi connectivity index (χ1) is 9.97. The number of hydrogen-bond acceptors (Lipinski definition) is 4. The second-order valence-electron chi connectivity index (χ2n) is 4.91. The van der Waals surface area contributed by atoms with Crippen molar-refractivity contribution in [2.24, 2.45) is 0 Å². The maximum Gasteiger partial charge on any atom is 0.257 e. The van der Waals surface area contributed by atoms with Crippen molar-refractivity contribution in [3.63, 3.8) is 0 Å². The van der Waals surface area contributed by atoms with Crippen molar-refractivity contribution in [1.29, 1.82) is 0 Å². The van der Waals surface area contributed by atoms with E-state index in [1.165, 1.54) is 18.1 Å². The van der Waals surface area contributed by atoms with Crippen molar-refractivity contribution in [3.05, 3.63) is 29.6 Å².